The summed E-state index contributed by atoms with van der Waals surface area (Å²) < 4.78 is 27.7. The van der Waals surface area contributed by atoms with Gasteiger partial charge in [0.1, 0.15) is 48.0 Å². The van der Waals surface area contributed by atoms with Crippen LogP contribution in [-0.2, 0) is 14.2 Å². The zero-order valence-corrected chi connectivity index (χ0v) is 18.4. The van der Waals surface area contributed by atoms with Crippen molar-refractivity contribution in [3.05, 3.63) is 40.2 Å². The molecule has 6 N–H and O–H groups in total. The topological polar surface area (TPSA) is 189 Å². The number of hydrogen-bond donors (Lipinski definition) is 6. The van der Waals surface area contributed by atoms with Crippen molar-refractivity contribution in [3.8, 4) is 5.75 Å². The third kappa shape index (κ3) is 4.69. The molecule has 2 aliphatic rings. The summed E-state index contributed by atoms with van der Waals surface area (Å²) in [4.78, 5) is 11.7. The first-order valence-corrected chi connectivity index (χ1v) is 10.8. The lowest BCUT2D eigenvalue weighted by molar-refractivity contribution is -0.354. The van der Waals surface area contributed by atoms with Gasteiger partial charge >= 0.3 is 5.63 Å². The molecule has 2 aliphatic heterocycles. The fraction of sp³-hybridized carbons (Fsp3) is 0.591. The first-order valence-electron chi connectivity index (χ1n) is 10.8. The van der Waals surface area contributed by atoms with Gasteiger partial charge in [-0.05, 0) is 31.5 Å². The van der Waals surface area contributed by atoms with Gasteiger partial charge in [-0.1, -0.05) is 0 Å². The lowest BCUT2D eigenvalue weighted by Crippen LogP contribution is -2.64. The molecule has 4 rings (SSSR count). The van der Waals surface area contributed by atoms with E-state index in [1.54, 1.807) is 19.1 Å². The van der Waals surface area contributed by atoms with Crippen LogP contribution < -0.4 is 10.4 Å². The van der Waals surface area contributed by atoms with E-state index in [4.69, 9.17) is 23.4 Å². The molecule has 12 heteroatoms. The van der Waals surface area contributed by atoms with Gasteiger partial charge in [-0.15, -0.1) is 0 Å². The van der Waals surface area contributed by atoms with Crippen molar-refractivity contribution in [2.24, 2.45) is 0 Å². The van der Waals surface area contributed by atoms with Crippen molar-refractivity contribution in [1.29, 1.82) is 0 Å². The number of fused-ring (bicyclic) bond motifs is 1. The highest BCUT2D eigenvalue weighted by Crippen LogP contribution is 2.31. The van der Waals surface area contributed by atoms with Crippen molar-refractivity contribution < 1.29 is 54.0 Å². The number of aliphatic hydroxyl groups excluding tert-OH is 6. The van der Waals surface area contributed by atoms with Gasteiger partial charge in [-0.25, -0.2) is 4.79 Å². The van der Waals surface area contributed by atoms with E-state index in [1.165, 1.54) is 19.1 Å². The third-order valence-corrected chi connectivity index (χ3v) is 6.10. The van der Waals surface area contributed by atoms with Gasteiger partial charge in [0.15, 0.2) is 12.4 Å². The van der Waals surface area contributed by atoms with Gasteiger partial charge < -0.3 is 54.0 Å². The van der Waals surface area contributed by atoms with Gasteiger partial charge in [-0.2, -0.15) is 0 Å². The van der Waals surface area contributed by atoms with Gasteiger partial charge in [0, 0.05) is 17.5 Å². The van der Waals surface area contributed by atoms with Gasteiger partial charge in [0.05, 0.1) is 12.7 Å². The second kappa shape index (κ2) is 9.85. The summed E-state index contributed by atoms with van der Waals surface area (Å²) in [6, 6.07) is 6.01. The van der Waals surface area contributed by atoms with E-state index in [1.807, 2.05) is 0 Å². The van der Waals surface area contributed by atoms with E-state index in [0.717, 1.165) is 0 Å². The van der Waals surface area contributed by atoms with Crippen LogP contribution in [0.25, 0.3) is 11.0 Å². The first kappa shape index (κ1) is 25.0. The largest absolute Gasteiger partial charge is 0.462 e. The average Bonchev–Trinajstić information content (AvgIpc) is 2.80. The van der Waals surface area contributed by atoms with E-state index in [9.17, 15) is 35.4 Å². The second-order valence-electron chi connectivity index (χ2n) is 8.51. The van der Waals surface area contributed by atoms with Gasteiger partial charge in [0.2, 0.25) is 6.29 Å². The molecule has 10 atom stereocenters. The summed E-state index contributed by atoms with van der Waals surface area (Å²) in [5.74, 6) is 0.161. The minimum Gasteiger partial charge on any atom is -0.462 e. The average molecular weight is 484 g/mol. The third-order valence-electron chi connectivity index (χ3n) is 6.10. The zero-order valence-electron chi connectivity index (χ0n) is 18.4. The Morgan fingerprint density at radius 1 is 0.912 bits per heavy atom. The molecule has 2 fully saturated rings. The van der Waals surface area contributed by atoms with Crippen LogP contribution >= 0.6 is 0 Å². The van der Waals surface area contributed by atoms with Crippen molar-refractivity contribution >= 4 is 11.0 Å². The molecule has 12 nitrogen and oxygen atoms in total. The number of aryl methyl sites for hydroxylation is 1. The lowest BCUT2D eigenvalue weighted by atomic mass is 9.97. The summed E-state index contributed by atoms with van der Waals surface area (Å²) in [6.45, 7) is 2.57. The Hall–Kier alpha value is -2.13. The normalized spacial score (nSPS) is 38.7. The van der Waals surface area contributed by atoms with E-state index in [2.05, 4.69) is 0 Å². The molecular weight excluding hydrogens is 456 g/mol. The van der Waals surface area contributed by atoms with Crippen LogP contribution in [0.5, 0.6) is 5.75 Å². The van der Waals surface area contributed by atoms with E-state index in [0.29, 0.717) is 10.9 Å². The molecule has 0 spiro atoms. The summed E-state index contributed by atoms with van der Waals surface area (Å²) >= 11 is 0. The van der Waals surface area contributed by atoms with E-state index < -0.39 is 73.6 Å². The summed E-state index contributed by atoms with van der Waals surface area (Å²) in [7, 11) is 0. The van der Waals surface area contributed by atoms with Crippen LogP contribution in [0.15, 0.2) is 33.5 Å². The number of ether oxygens (including phenoxy) is 4. The monoisotopic (exact) mass is 484 g/mol. The van der Waals surface area contributed by atoms with Gasteiger partial charge in [0.25, 0.3) is 0 Å². The van der Waals surface area contributed by atoms with Crippen LogP contribution in [0.3, 0.4) is 0 Å². The fourth-order valence-electron chi connectivity index (χ4n) is 4.09. The quantitative estimate of drug-likeness (QED) is 0.260. The molecule has 3 heterocycles. The minimum atomic E-state index is -1.68. The zero-order chi connectivity index (χ0) is 24.7. The summed E-state index contributed by atoms with van der Waals surface area (Å²) in [5.41, 5.74) is 0.395. The Morgan fingerprint density at radius 2 is 1.65 bits per heavy atom. The molecule has 188 valence electrons. The van der Waals surface area contributed by atoms with Crippen molar-refractivity contribution in [1.82, 2.24) is 0 Å². The van der Waals surface area contributed by atoms with Crippen molar-refractivity contribution in [2.75, 3.05) is 6.61 Å². The summed E-state index contributed by atoms with van der Waals surface area (Å²) in [6.07, 6.45) is -14.3. The summed E-state index contributed by atoms with van der Waals surface area (Å²) in [5, 5.41) is 61.4. The Morgan fingerprint density at radius 3 is 2.35 bits per heavy atom. The fourth-order valence-corrected chi connectivity index (χ4v) is 4.09. The smallest absolute Gasteiger partial charge is 0.336 e. The SMILES string of the molecule is Cc1cc(=O)oc2cc(O[C@@H]3O[C@@H](CO)[C@H](O)[C@H](O)[C@@H]3O[C@@H]3O[C@@H](C)[C@@H](O)[C@H](O)[C@H]3O)ccc12. The molecule has 0 radical (unpaired) electrons. The van der Waals surface area contributed by atoms with Crippen LogP contribution in [0.4, 0.5) is 0 Å². The first-order chi connectivity index (χ1) is 16.1. The maximum absolute atomic E-state index is 11.7. The number of aliphatic hydroxyl groups is 6. The van der Waals surface area contributed by atoms with Crippen LogP contribution in [-0.4, -0.2) is 98.7 Å². The van der Waals surface area contributed by atoms with Crippen LogP contribution in [0.2, 0.25) is 0 Å². The maximum Gasteiger partial charge on any atom is 0.336 e. The Labute approximate surface area is 193 Å². The Bertz CT molecular complexity index is 1060. The highest BCUT2D eigenvalue weighted by atomic mass is 16.8. The van der Waals surface area contributed by atoms with Crippen LogP contribution in [0, 0.1) is 6.92 Å². The molecule has 1 aromatic carbocycles. The standard InChI is InChI=1S/C22H28O12/c1-8-5-14(24)32-12-6-10(3-4-11(8)12)31-22-20(18(28)16(26)13(7-23)33-22)34-21-19(29)17(27)15(25)9(2)30-21/h3-6,9,13,15-23,25-29H,7H2,1-2H3/t9-,13-,15+,16-,17-,18-,19+,20-,21-,22+/m0/s1. The highest BCUT2D eigenvalue weighted by molar-refractivity contribution is 5.81. The minimum absolute atomic E-state index is 0.161. The maximum atomic E-state index is 11.7. The van der Waals surface area contributed by atoms with E-state index in [-0.39, 0.29) is 11.3 Å². The molecule has 2 saturated heterocycles. The highest BCUT2D eigenvalue weighted by Gasteiger charge is 2.50. The lowest BCUT2D eigenvalue weighted by Gasteiger charge is -2.45. The Kier molecular flexibility index (Phi) is 7.24. The van der Waals surface area contributed by atoms with Crippen molar-refractivity contribution in [3.63, 3.8) is 0 Å². The molecule has 1 aromatic heterocycles. The van der Waals surface area contributed by atoms with Crippen molar-refractivity contribution in [2.45, 2.75) is 75.3 Å². The second-order valence-corrected chi connectivity index (χ2v) is 8.51. The number of hydrogen-bond acceptors (Lipinski definition) is 12. The molecular formula is C22H28O12. The molecule has 0 saturated carbocycles. The molecule has 34 heavy (non-hydrogen) atoms. The molecule has 0 unspecified atom stereocenters. The Balaban J connectivity index is 1.61. The molecule has 0 aliphatic carbocycles. The number of rotatable bonds is 5. The predicted molar refractivity (Wildman–Crippen MR) is 113 cm³/mol. The van der Waals surface area contributed by atoms with E-state index >= 15 is 0 Å². The molecule has 0 amide bonds. The molecule has 2 aromatic rings. The number of benzene rings is 1. The molecule has 0 bridgehead atoms. The van der Waals surface area contributed by atoms with Gasteiger partial charge in [-0.3, -0.25) is 0 Å². The van der Waals surface area contributed by atoms with Crippen LogP contribution in [0.1, 0.15) is 12.5 Å². The predicted octanol–water partition coefficient (Wildman–Crippen LogP) is -1.87.